The number of fused-ring (bicyclic) bond motifs is 1. The smallest absolute Gasteiger partial charge is 0.229 e. The highest BCUT2D eigenvalue weighted by molar-refractivity contribution is 5.94. The molecule has 3 aromatic rings. The van der Waals surface area contributed by atoms with E-state index in [1.165, 1.54) is 6.07 Å². The van der Waals surface area contributed by atoms with Crippen molar-refractivity contribution in [1.29, 1.82) is 0 Å². The fourth-order valence-electron chi connectivity index (χ4n) is 2.79. The average Bonchev–Trinajstić information content (AvgIpc) is 2.55. The van der Waals surface area contributed by atoms with E-state index in [2.05, 4.69) is 10.3 Å². The molecule has 1 amide bonds. The number of rotatable bonds is 3. The number of aromatic nitrogens is 1. The van der Waals surface area contributed by atoms with Crippen molar-refractivity contribution in [2.24, 2.45) is 0 Å². The van der Waals surface area contributed by atoms with Crippen LogP contribution in [0.5, 0.6) is 0 Å². The van der Waals surface area contributed by atoms with Gasteiger partial charge in [-0.25, -0.2) is 8.78 Å². The molecule has 0 bridgehead atoms. The van der Waals surface area contributed by atoms with E-state index in [9.17, 15) is 13.6 Å². The zero-order chi connectivity index (χ0) is 17.3. The Morgan fingerprint density at radius 2 is 1.71 bits per heavy atom. The van der Waals surface area contributed by atoms with Gasteiger partial charge in [0.05, 0.1) is 11.9 Å². The van der Waals surface area contributed by atoms with Gasteiger partial charge in [-0.3, -0.25) is 9.78 Å². The second-order valence-electron chi connectivity index (χ2n) is 5.64. The summed E-state index contributed by atoms with van der Waals surface area (Å²) >= 11 is 0. The second kappa shape index (κ2) is 6.35. The molecule has 0 saturated carbocycles. The molecule has 0 atom stereocenters. The van der Waals surface area contributed by atoms with Crippen LogP contribution >= 0.6 is 0 Å². The first kappa shape index (κ1) is 16.1. The topological polar surface area (TPSA) is 42.0 Å². The number of aryl methyl sites for hydroxylation is 2. The quantitative estimate of drug-likeness (QED) is 0.779. The highest BCUT2D eigenvalue weighted by atomic mass is 19.1. The van der Waals surface area contributed by atoms with Crippen molar-refractivity contribution in [3.05, 3.63) is 70.9 Å². The number of pyridine rings is 1. The molecule has 0 spiro atoms. The first-order valence-corrected chi connectivity index (χ1v) is 7.56. The van der Waals surface area contributed by atoms with E-state index >= 15 is 0 Å². The van der Waals surface area contributed by atoms with Crippen LogP contribution in [0.15, 0.2) is 42.5 Å². The summed E-state index contributed by atoms with van der Waals surface area (Å²) in [7, 11) is 0. The Morgan fingerprint density at radius 1 is 1.04 bits per heavy atom. The van der Waals surface area contributed by atoms with E-state index in [1.807, 2.05) is 38.1 Å². The van der Waals surface area contributed by atoms with Gasteiger partial charge in [0.25, 0.3) is 0 Å². The third-order valence-electron chi connectivity index (χ3n) is 4.05. The van der Waals surface area contributed by atoms with Gasteiger partial charge in [-0.05, 0) is 43.2 Å². The molecule has 0 aliphatic heterocycles. The fraction of sp³-hybridized carbons (Fsp3) is 0.158. The zero-order valence-corrected chi connectivity index (χ0v) is 13.4. The third-order valence-corrected chi connectivity index (χ3v) is 4.05. The Labute approximate surface area is 138 Å². The maximum Gasteiger partial charge on any atom is 0.229 e. The molecular weight excluding hydrogens is 310 g/mol. The van der Waals surface area contributed by atoms with Crippen LogP contribution < -0.4 is 5.32 Å². The molecule has 1 N–H and O–H groups in total. The SMILES string of the molecule is Cc1nc2ccccc2c(C)c1CC(=O)Nc1c(F)cccc1F. The first-order chi connectivity index (χ1) is 11.5. The summed E-state index contributed by atoms with van der Waals surface area (Å²) in [6, 6.07) is 11.1. The molecule has 0 saturated heterocycles. The monoisotopic (exact) mass is 326 g/mol. The Bertz CT molecular complexity index is 918. The molecule has 3 rings (SSSR count). The molecule has 0 radical (unpaired) electrons. The van der Waals surface area contributed by atoms with Crippen molar-refractivity contribution in [1.82, 2.24) is 4.98 Å². The van der Waals surface area contributed by atoms with Crippen molar-refractivity contribution in [3.63, 3.8) is 0 Å². The Hall–Kier alpha value is -2.82. The molecule has 1 aromatic heterocycles. The van der Waals surface area contributed by atoms with E-state index in [4.69, 9.17) is 0 Å². The number of carbonyl (C=O) groups excluding carboxylic acids is 1. The molecule has 0 aliphatic carbocycles. The van der Waals surface area contributed by atoms with Crippen molar-refractivity contribution in [2.75, 3.05) is 5.32 Å². The van der Waals surface area contributed by atoms with Gasteiger partial charge in [-0.2, -0.15) is 0 Å². The highest BCUT2D eigenvalue weighted by Crippen LogP contribution is 2.24. The van der Waals surface area contributed by atoms with Gasteiger partial charge in [0.15, 0.2) is 0 Å². The molecular formula is C19H16F2N2O. The summed E-state index contributed by atoms with van der Waals surface area (Å²) < 4.78 is 27.3. The number of benzene rings is 2. The van der Waals surface area contributed by atoms with Crippen molar-refractivity contribution < 1.29 is 13.6 Å². The lowest BCUT2D eigenvalue weighted by Crippen LogP contribution is -2.18. The predicted molar refractivity (Wildman–Crippen MR) is 89.9 cm³/mol. The minimum Gasteiger partial charge on any atom is -0.321 e. The van der Waals surface area contributed by atoms with E-state index in [0.717, 1.165) is 39.9 Å². The van der Waals surface area contributed by atoms with Gasteiger partial charge in [0.1, 0.15) is 17.3 Å². The molecule has 0 aliphatic rings. The standard InChI is InChI=1S/C19H16F2N2O/c1-11-13-6-3-4-9-17(13)22-12(2)14(11)10-18(24)23-19-15(20)7-5-8-16(19)21/h3-9H,10H2,1-2H3,(H,23,24). The maximum atomic E-state index is 13.6. The van der Waals surface area contributed by atoms with Crippen molar-refractivity contribution in [3.8, 4) is 0 Å². The molecule has 24 heavy (non-hydrogen) atoms. The number of amides is 1. The summed E-state index contributed by atoms with van der Waals surface area (Å²) in [5.41, 5.74) is 2.88. The molecule has 1 heterocycles. The fourth-order valence-corrected chi connectivity index (χ4v) is 2.79. The number of hydrogen-bond acceptors (Lipinski definition) is 2. The summed E-state index contributed by atoms with van der Waals surface area (Å²) in [5.74, 6) is -2.08. The molecule has 122 valence electrons. The lowest BCUT2D eigenvalue weighted by atomic mass is 9.99. The lowest BCUT2D eigenvalue weighted by molar-refractivity contribution is -0.115. The number of nitrogens with one attached hydrogen (secondary N) is 1. The minimum atomic E-state index is -0.798. The van der Waals surface area contributed by atoms with E-state index in [1.54, 1.807) is 0 Å². The normalized spacial score (nSPS) is 10.8. The van der Waals surface area contributed by atoms with Gasteiger partial charge in [-0.15, -0.1) is 0 Å². The third kappa shape index (κ3) is 2.97. The maximum absolute atomic E-state index is 13.6. The molecule has 5 heteroatoms. The van der Waals surface area contributed by atoms with Crippen LogP contribution in [0, 0.1) is 25.5 Å². The summed E-state index contributed by atoms with van der Waals surface area (Å²) in [4.78, 5) is 16.8. The van der Waals surface area contributed by atoms with Gasteiger partial charge in [-0.1, -0.05) is 24.3 Å². The van der Waals surface area contributed by atoms with Crippen molar-refractivity contribution in [2.45, 2.75) is 20.3 Å². The van der Waals surface area contributed by atoms with Crippen LogP contribution in [0.3, 0.4) is 0 Å². The number of carbonyl (C=O) groups is 1. The number of para-hydroxylation sites is 2. The Morgan fingerprint density at radius 3 is 2.42 bits per heavy atom. The van der Waals surface area contributed by atoms with Crippen LogP contribution in [0.4, 0.5) is 14.5 Å². The number of halogens is 2. The van der Waals surface area contributed by atoms with Crippen LogP contribution in [0.25, 0.3) is 10.9 Å². The Balaban J connectivity index is 1.91. The molecule has 0 unspecified atom stereocenters. The van der Waals surface area contributed by atoms with Crippen LogP contribution in [0.1, 0.15) is 16.8 Å². The van der Waals surface area contributed by atoms with Gasteiger partial charge in [0, 0.05) is 11.1 Å². The number of hydrogen-bond donors (Lipinski definition) is 1. The number of anilines is 1. The average molecular weight is 326 g/mol. The summed E-state index contributed by atoms with van der Waals surface area (Å²) in [5, 5.41) is 3.27. The van der Waals surface area contributed by atoms with Gasteiger partial charge < -0.3 is 5.32 Å². The van der Waals surface area contributed by atoms with E-state index in [-0.39, 0.29) is 6.42 Å². The highest BCUT2D eigenvalue weighted by Gasteiger charge is 2.16. The van der Waals surface area contributed by atoms with E-state index in [0.29, 0.717) is 0 Å². The van der Waals surface area contributed by atoms with E-state index < -0.39 is 23.2 Å². The first-order valence-electron chi connectivity index (χ1n) is 7.56. The predicted octanol–water partition coefficient (Wildman–Crippen LogP) is 4.31. The van der Waals surface area contributed by atoms with Gasteiger partial charge >= 0.3 is 0 Å². The van der Waals surface area contributed by atoms with Crippen LogP contribution in [-0.2, 0) is 11.2 Å². The number of nitrogens with zero attached hydrogens (tertiary/aromatic N) is 1. The lowest BCUT2D eigenvalue weighted by Gasteiger charge is -2.13. The summed E-state index contributed by atoms with van der Waals surface area (Å²) in [6.45, 7) is 3.75. The second-order valence-corrected chi connectivity index (χ2v) is 5.64. The molecule has 0 fully saturated rings. The Kier molecular flexibility index (Phi) is 4.25. The van der Waals surface area contributed by atoms with Crippen molar-refractivity contribution >= 4 is 22.5 Å². The zero-order valence-electron chi connectivity index (χ0n) is 13.4. The summed E-state index contributed by atoms with van der Waals surface area (Å²) in [6.07, 6.45) is 0.00325. The minimum absolute atomic E-state index is 0.00325. The molecule has 2 aromatic carbocycles. The van der Waals surface area contributed by atoms with Crippen LogP contribution in [-0.4, -0.2) is 10.9 Å². The van der Waals surface area contributed by atoms with Crippen LogP contribution in [0.2, 0.25) is 0 Å². The molecule has 3 nitrogen and oxygen atoms in total. The largest absolute Gasteiger partial charge is 0.321 e. The van der Waals surface area contributed by atoms with Gasteiger partial charge in [0.2, 0.25) is 5.91 Å².